The van der Waals surface area contributed by atoms with Crippen molar-refractivity contribution in [3.05, 3.63) is 60.2 Å². The van der Waals surface area contributed by atoms with Crippen molar-refractivity contribution in [1.82, 2.24) is 0 Å². The van der Waals surface area contributed by atoms with E-state index in [1.165, 1.54) is 13.2 Å². The van der Waals surface area contributed by atoms with Gasteiger partial charge in [-0.25, -0.2) is 4.79 Å². The summed E-state index contributed by atoms with van der Waals surface area (Å²) < 4.78 is 4.56. The number of nitrogens with one attached hydrogen (secondary N) is 1. The second-order valence-corrected chi connectivity index (χ2v) is 4.31. The van der Waals surface area contributed by atoms with Gasteiger partial charge in [-0.2, -0.15) is 0 Å². The fourth-order valence-corrected chi connectivity index (χ4v) is 1.87. The van der Waals surface area contributed by atoms with Gasteiger partial charge in [0.25, 0.3) is 0 Å². The molecule has 0 saturated heterocycles. The van der Waals surface area contributed by atoms with Crippen LogP contribution in [-0.4, -0.2) is 20.1 Å². The summed E-state index contributed by atoms with van der Waals surface area (Å²) in [7, 11) is 3.27. The molecule has 0 saturated carbocycles. The molecular formula is C17H17NO2. The van der Waals surface area contributed by atoms with Crippen LogP contribution in [0, 0.1) is 0 Å². The summed E-state index contributed by atoms with van der Waals surface area (Å²) in [5.74, 6) is -0.351. The van der Waals surface area contributed by atoms with Crippen molar-refractivity contribution in [2.45, 2.75) is 0 Å². The summed E-state index contributed by atoms with van der Waals surface area (Å²) in [5.41, 5.74) is 4.33. The van der Waals surface area contributed by atoms with Crippen molar-refractivity contribution >= 4 is 17.7 Å². The van der Waals surface area contributed by atoms with Gasteiger partial charge in [0, 0.05) is 18.8 Å². The Labute approximate surface area is 118 Å². The van der Waals surface area contributed by atoms with E-state index in [1.54, 1.807) is 6.08 Å². The van der Waals surface area contributed by atoms with E-state index in [2.05, 4.69) is 22.2 Å². The molecule has 0 fully saturated rings. The van der Waals surface area contributed by atoms with E-state index in [-0.39, 0.29) is 5.97 Å². The number of rotatable bonds is 4. The number of hydrogen-bond donors (Lipinski definition) is 1. The summed E-state index contributed by atoms with van der Waals surface area (Å²) in [6.07, 6.45) is 3.15. The number of benzene rings is 2. The van der Waals surface area contributed by atoms with Crippen molar-refractivity contribution in [2.24, 2.45) is 0 Å². The van der Waals surface area contributed by atoms with E-state index < -0.39 is 0 Å². The number of hydrogen-bond acceptors (Lipinski definition) is 3. The summed E-state index contributed by atoms with van der Waals surface area (Å²) in [6, 6.07) is 16.2. The predicted octanol–water partition coefficient (Wildman–Crippen LogP) is 3.58. The minimum absolute atomic E-state index is 0.351. The molecule has 0 unspecified atom stereocenters. The Hall–Kier alpha value is -2.55. The number of ether oxygens (including phenoxy) is 1. The zero-order chi connectivity index (χ0) is 14.4. The third-order valence-electron chi connectivity index (χ3n) is 3.01. The zero-order valence-electron chi connectivity index (χ0n) is 11.6. The first-order valence-electron chi connectivity index (χ1n) is 6.37. The molecule has 0 aliphatic heterocycles. The molecule has 102 valence electrons. The Kier molecular flexibility index (Phi) is 4.56. The Balaban J connectivity index is 2.19. The quantitative estimate of drug-likeness (QED) is 0.679. The van der Waals surface area contributed by atoms with Crippen LogP contribution in [0.15, 0.2) is 54.6 Å². The summed E-state index contributed by atoms with van der Waals surface area (Å²) in [6.45, 7) is 0. The van der Waals surface area contributed by atoms with Crippen LogP contribution in [0.2, 0.25) is 0 Å². The molecule has 2 aromatic rings. The van der Waals surface area contributed by atoms with Crippen LogP contribution in [0.4, 0.5) is 5.69 Å². The smallest absolute Gasteiger partial charge is 0.330 e. The maximum Gasteiger partial charge on any atom is 0.330 e. The molecular weight excluding hydrogens is 250 g/mol. The molecule has 20 heavy (non-hydrogen) atoms. The second-order valence-electron chi connectivity index (χ2n) is 4.31. The molecule has 0 aliphatic rings. The van der Waals surface area contributed by atoms with E-state index in [1.807, 2.05) is 43.4 Å². The van der Waals surface area contributed by atoms with Gasteiger partial charge in [0.15, 0.2) is 0 Å². The molecule has 0 aliphatic carbocycles. The van der Waals surface area contributed by atoms with E-state index >= 15 is 0 Å². The minimum atomic E-state index is -0.351. The second kappa shape index (κ2) is 6.57. The van der Waals surface area contributed by atoms with Crippen LogP contribution >= 0.6 is 0 Å². The van der Waals surface area contributed by atoms with Crippen molar-refractivity contribution in [3.8, 4) is 11.1 Å². The first-order valence-corrected chi connectivity index (χ1v) is 6.37. The van der Waals surface area contributed by atoms with Crippen LogP contribution in [0.5, 0.6) is 0 Å². The normalized spacial score (nSPS) is 10.5. The van der Waals surface area contributed by atoms with Gasteiger partial charge in [-0.05, 0) is 34.9 Å². The molecule has 1 N–H and O–H groups in total. The van der Waals surface area contributed by atoms with Crippen LogP contribution < -0.4 is 5.32 Å². The Bertz CT molecular complexity index is 615. The summed E-state index contributed by atoms with van der Waals surface area (Å²) in [5, 5.41) is 3.13. The van der Waals surface area contributed by atoms with E-state index in [4.69, 9.17) is 0 Å². The molecule has 0 amide bonds. The highest BCUT2D eigenvalue weighted by Gasteiger charge is 1.99. The first kappa shape index (κ1) is 13.9. The molecule has 3 heteroatoms. The summed E-state index contributed by atoms with van der Waals surface area (Å²) >= 11 is 0. The minimum Gasteiger partial charge on any atom is -0.466 e. The third-order valence-corrected chi connectivity index (χ3v) is 3.01. The number of anilines is 1. The van der Waals surface area contributed by atoms with Gasteiger partial charge in [-0.1, -0.05) is 36.4 Å². The summed E-state index contributed by atoms with van der Waals surface area (Å²) in [4.78, 5) is 11.0. The number of carbonyl (C=O) groups is 1. The van der Waals surface area contributed by atoms with Gasteiger partial charge in [0.05, 0.1) is 7.11 Å². The largest absolute Gasteiger partial charge is 0.466 e. The lowest BCUT2D eigenvalue weighted by Gasteiger charge is -2.05. The first-order chi connectivity index (χ1) is 9.72. The van der Waals surface area contributed by atoms with E-state index in [0.29, 0.717) is 0 Å². The lowest BCUT2D eigenvalue weighted by molar-refractivity contribution is -0.134. The average molecular weight is 267 g/mol. The molecule has 2 aromatic carbocycles. The van der Waals surface area contributed by atoms with Crippen LogP contribution in [0.25, 0.3) is 17.2 Å². The molecule has 3 nitrogen and oxygen atoms in total. The number of methoxy groups -OCH3 is 1. The lowest BCUT2D eigenvalue weighted by Crippen LogP contribution is -1.93. The van der Waals surface area contributed by atoms with E-state index in [0.717, 1.165) is 22.4 Å². The monoisotopic (exact) mass is 267 g/mol. The highest BCUT2D eigenvalue weighted by atomic mass is 16.5. The van der Waals surface area contributed by atoms with Crippen molar-refractivity contribution in [3.63, 3.8) is 0 Å². The van der Waals surface area contributed by atoms with E-state index in [9.17, 15) is 4.79 Å². The fourth-order valence-electron chi connectivity index (χ4n) is 1.87. The van der Waals surface area contributed by atoms with Gasteiger partial charge in [-0.3, -0.25) is 0 Å². The van der Waals surface area contributed by atoms with Crippen molar-refractivity contribution in [1.29, 1.82) is 0 Å². The Morgan fingerprint density at radius 3 is 2.50 bits per heavy atom. The standard InChI is InChI=1S/C17H17NO2/c1-18-16-5-3-4-15(12-16)14-9-6-13(7-10-14)8-11-17(19)20-2/h3-12,18H,1-2H3/b11-8+. The topological polar surface area (TPSA) is 38.3 Å². The molecule has 0 spiro atoms. The molecule has 0 bridgehead atoms. The van der Waals surface area contributed by atoms with Crippen molar-refractivity contribution in [2.75, 3.05) is 19.5 Å². The number of esters is 1. The number of carbonyl (C=O) groups excluding carboxylic acids is 1. The van der Waals surface area contributed by atoms with Gasteiger partial charge in [0.1, 0.15) is 0 Å². The molecule has 0 heterocycles. The molecule has 0 aromatic heterocycles. The Morgan fingerprint density at radius 2 is 1.85 bits per heavy atom. The van der Waals surface area contributed by atoms with Gasteiger partial charge < -0.3 is 10.1 Å². The fraction of sp³-hybridized carbons (Fsp3) is 0.118. The Morgan fingerprint density at radius 1 is 1.10 bits per heavy atom. The highest BCUT2D eigenvalue weighted by Crippen LogP contribution is 2.23. The molecule has 0 radical (unpaired) electrons. The highest BCUT2D eigenvalue weighted by molar-refractivity contribution is 5.87. The van der Waals surface area contributed by atoms with Gasteiger partial charge in [-0.15, -0.1) is 0 Å². The maximum absolute atomic E-state index is 11.0. The van der Waals surface area contributed by atoms with Crippen LogP contribution in [0.3, 0.4) is 0 Å². The predicted molar refractivity (Wildman–Crippen MR) is 82.5 cm³/mol. The lowest BCUT2D eigenvalue weighted by atomic mass is 10.0. The van der Waals surface area contributed by atoms with Gasteiger partial charge in [0.2, 0.25) is 0 Å². The maximum atomic E-state index is 11.0. The molecule has 0 atom stereocenters. The van der Waals surface area contributed by atoms with Gasteiger partial charge >= 0.3 is 5.97 Å². The molecule has 2 rings (SSSR count). The zero-order valence-corrected chi connectivity index (χ0v) is 11.6. The SMILES string of the molecule is CNc1cccc(-c2ccc(/C=C/C(=O)OC)cc2)c1. The van der Waals surface area contributed by atoms with Crippen molar-refractivity contribution < 1.29 is 9.53 Å². The third kappa shape index (κ3) is 3.48. The van der Waals surface area contributed by atoms with Crippen LogP contribution in [-0.2, 0) is 9.53 Å². The van der Waals surface area contributed by atoms with Crippen LogP contribution in [0.1, 0.15) is 5.56 Å². The average Bonchev–Trinajstić information content (AvgIpc) is 2.53.